The summed E-state index contributed by atoms with van der Waals surface area (Å²) < 4.78 is 10.2. The van der Waals surface area contributed by atoms with Crippen LogP contribution in [0.3, 0.4) is 0 Å². The molecule has 2 N–H and O–H groups in total. The molecule has 0 aliphatic rings. The minimum absolute atomic E-state index is 0.171. The maximum atomic E-state index is 9.46. The van der Waals surface area contributed by atoms with E-state index in [0.717, 1.165) is 17.9 Å². The molecule has 0 aromatic carbocycles. The summed E-state index contributed by atoms with van der Waals surface area (Å²) in [5.41, 5.74) is 1.15. The zero-order valence-electron chi connectivity index (χ0n) is 10.2. The van der Waals surface area contributed by atoms with E-state index in [1.165, 1.54) is 0 Å². The first-order chi connectivity index (χ1) is 7.65. The lowest BCUT2D eigenvalue weighted by atomic mass is 10.1. The van der Waals surface area contributed by atoms with Crippen molar-refractivity contribution >= 4 is 0 Å². The first-order valence-corrected chi connectivity index (χ1v) is 5.59. The van der Waals surface area contributed by atoms with Gasteiger partial charge in [0.25, 0.3) is 0 Å². The second-order valence-electron chi connectivity index (χ2n) is 4.04. The molecule has 0 bridgehead atoms. The molecule has 0 amide bonds. The van der Waals surface area contributed by atoms with Crippen molar-refractivity contribution in [1.29, 1.82) is 0 Å². The summed E-state index contributed by atoms with van der Waals surface area (Å²) in [6.07, 6.45) is 1.97. The van der Waals surface area contributed by atoms with Gasteiger partial charge in [0, 0.05) is 7.11 Å². The van der Waals surface area contributed by atoms with Gasteiger partial charge in [-0.05, 0) is 38.4 Å². The highest BCUT2D eigenvalue weighted by Gasteiger charge is 2.11. The van der Waals surface area contributed by atoms with Crippen LogP contribution < -0.4 is 5.32 Å². The third-order valence-corrected chi connectivity index (χ3v) is 2.58. The van der Waals surface area contributed by atoms with Crippen molar-refractivity contribution < 1.29 is 14.3 Å². The highest BCUT2D eigenvalue weighted by atomic mass is 16.5. The fourth-order valence-electron chi connectivity index (χ4n) is 1.66. The molecule has 1 aromatic rings. The maximum absolute atomic E-state index is 9.46. The van der Waals surface area contributed by atoms with Crippen molar-refractivity contribution in [2.45, 2.75) is 32.4 Å². The molecule has 0 radical (unpaired) electrons. The zero-order chi connectivity index (χ0) is 12.0. The monoisotopic (exact) mass is 227 g/mol. The first-order valence-electron chi connectivity index (χ1n) is 5.59. The van der Waals surface area contributed by atoms with Crippen LogP contribution in [0.25, 0.3) is 0 Å². The Hall–Kier alpha value is -0.840. The molecule has 1 heterocycles. The molecule has 16 heavy (non-hydrogen) atoms. The Balaban J connectivity index is 2.25. The van der Waals surface area contributed by atoms with Crippen LogP contribution in [0.1, 0.15) is 30.7 Å². The number of aryl methyl sites for hydroxylation is 1. The summed E-state index contributed by atoms with van der Waals surface area (Å²) in [7, 11) is 1.59. The van der Waals surface area contributed by atoms with Crippen LogP contribution in [0.2, 0.25) is 0 Å². The minimum Gasteiger partial charge on any atom is -0.467 e. The zero-order valence-corrected chi connectivity index (χ0v) is 10.2. The van der Waals surface area contributed by atoms with E-state index in [-0.39, 0.29) is 6.04 Å². The van der Waals surface area contributed by atoms with Crippen LogP contribution >= 0.6 is 0 Å². The second kappa shape index (κ2) is 6.68. The Morgan fingerprint density at radius 2 is 2.31 bits per heavy atom. The lowest BCUT2D eigenvalue weighted by Gasteiger charge is -2.14. The largest absolute Gasteiger partial charge is 0.467 e. The maximum Gasteiger partial charge on any atom is 0.123 e. The van der Waals surface area contributed by atoms with Crippen LogP contribution in [-0.2, 0) is 4.74 Å². The summed E-state index contributed by atoms with van der Waals surface area (Å²) >= 11 is 0. The van der Waals surface area contributed by atoms with Gasteiger partial charge < -0.3 is 19.6 Å². The Morgan fingerprint density at radius 3 is 2.88 bits per heavy atom. The molecule has 2 atom stereocenters. The van der Waals surface area contributed by atoms with E-state index in [0.29, 0.717) is 13.0 Å². The molecular weight excluding hydrogens is 206 g/mol. The fraction of sp³-hybridized carbons (Fsp3) is 0.667. The van der Waals surface area contributed by atoms with E-state index in [1.807, 2.05) is 13.0 Å². The van der Waals surface area contributed by atoms with Crippen molar-refractivity contribution in [3.63, 3.8) is 0 Å². The molecule has 0 saturated heterocycles. The molecule has 0 aliphatic heterocycles. The van der Waals surface area contributed by atoms with Gasteiger partial charge in [0.2, 0.25) is 0 Å². The molecule has 0 saturated carbocycles. The predicted molar refractivity (Wildman–Crippen MR) is 62.4 cm³/mol. The number of ether oxygens (including phenoxy) is 1. The predicted octanol–water partition coefficient (Wildman–Crippen LogP) is 1.64. The average molecular weight is 227 g/mol. The van der Waals surface area contributed by atoms with E-state index in [2.05, 4.69) is 12.2 Å². The highest BCUT2D eigenvalue weighted by molar-refractivity contribution is 5.17. The summed E-state index contributed by atoms with van der Waals surface area (Å²) in [6, 6.07) is 2.12. The average Bonchev–Trinajstić information content (AvgIpc) is 2.64. The number of rotatable bonds is 7. The Kier molecular flexibility index (Phi) is 5.52. The van der Waals surface area contributed by atoms with E-state index in [4.69, 9.17) is 9.15 Å². The molecular formula is C12H21NO3. The summed E-state index contributed by atoms with van der Waals surface area (Å²) in [5.74, 6) is 0.959. The molecule has 0 spiro atoms. The van der Waals surface area contributed by atoms with Gasteiger partial charge >= 0.3 is 0 Å². The van der Waals surface area contributed by atoms with Gasteiger partial charge in [-0.15, -0.1) is 0 Å². The lowest BCUT2D eigenvalue weighted by molar-refractivity contribution is 0.0589. The molecule has 92 valence electrons. The van der Waals surface area contributed by atoms with E-state index < -0.39 is 6.10 Å². The summed E-state index contributed by atoms with van der Waals surface area (Å²) in [4.78, 5) is 0. The minimum atomic E-state index is -0.401. The standard InChI is InChI=1S/C12H21NO3/c1-9-5-7-16-12(9)10(2)13-6-4-11(14)8-15-3/h5,7,10-11,13-14H,4,6,8H2,1-3H3. The van der Waals surface area contributed by atoms with Gasteiger partial charge in [-0.2, -0.15) is 0 Å². The number of methoxy groups -OCH3 is 1. The molecule has 0 fully saturated rings. The van der Waals surface area contributed by atoms with Crippen LogP contribution in [-0.4, -0.2) is 31.5 Å². The Morgan fingerprint density at radius 1 is 1.56 bits per heavy atom. The van der Waals surface area contributed by atoms with Gasteiger partial charge in [0.05, 0.1) is 25.0 Å². The lowest BCUT2D eigenvalue weighted by Crippen LogP contribution is -2.25. The van der Waals surface area contributed by atoms with Crippen molar-refractivity contribution in [2.24, 2.45) is 0 Å². The normalized spacial score (nSPS) is 15.0. The third kappa shape index (κ3) is 3.96. The van der Waals surface area contributed by atoms with Crippen molar-refractivity contribution in [3.05, 3.63) is 23.7 Å². The molecule has 1 aromatic heterocycles. The number of aliphatic hydroxyl groups excluding tert-OH is 1. The van der Waals surface area contributed by atoms with Gasteiger partial charge in [0.15, 0.2) is 0 Å². The summed E-state index contributed by atoms with van der Waals surface area (Å²) in [6.45, 7) is 5.20. The van der Waals surface area contributed by atoms with Crippen molar-refractivity contribution in [1.82, 2.24) is 5.32 Å². The van der Waals surface area contributed by atoms with E-state index >= 15 is 0 Å². The Bertz CT molecular complexity index is 298. The van der Waals surface area contributed by atoms with Gasteiger partial charge in [-0.3, -0.25) is 0 Å². The molecule has 1 rings (SSSR count). The highest BCUT2D eigenvalue weighted by Crippen LogP contribution is 2.17. The first kappa shape index (κ1) is 13.2. The number of hydrogen-bond acceptors (Lipinski definition) is 4. The third-order valence-electron chi connectivity index (χ3n) is 2.58. The van der Waals surface area contributed by atoms with Gasteiger partial charge in [0.1, 0.15) is 5.76 Å². The number of nitrogens with one attached hydrogen (secondary N) is 1. The molecule has 4 nitrogen and oxygen atoms in total. The van der Waals surface area contributed by atoms with E-state index in [1.54, 1.807) is 13.4 Å². The van der Waals surface area contributed by atoms with Crippen LogP contribution in [0.4, 0.5) is 0 Å². The number of furan rings is 1. The topological polar surface area (TPSA) is 54.6 Å². The van der Waals surface area contributed by atoms with E-state index in [9.17, 15) is 5.11 Å². The quantitative estimate of drug-likeness (QED) is 0.743. The molecule has 4 heteroatoms. The van der Waals surface area contributed by atoms with Crippen LogP contribution in [0.5, 0.6) is 0 Å². The van der Waals surface area contributed by atoms with Crippen molar-refractivity contribution in [2.75, 3.05) is 20.3 Å². The number of hydrogen-bond donors (Lipinski definition) is 2. The summed E-state index contributed by atoms with van der Waals surface area (Å²) in [5, 5.41) is 12.8. The van der Waals surface area contributed by atoms with Gasteiger partial charge in [-0.25, -0.2) is 0 Å². The van der Waals surface area contributed by atoms with Crippen LogP contribution in [0, 0.1) is 6.92 Å². The molecule has 2 unspecified atom stereocenters. The number of aliphatic hydroxyl groups is 1. The van der Waals surface area contributed by atoms with Gasteiger partial charge in [-0.1, -0.05) is 0 Å². The molecule has 0 aliphatic carbocycles. The SMILES string of the molecule is COCC(O)CCNC(C)c1occc1C. The van der Waals surface area contributed by atoms with Crippen molar-refractivity contribution in [3.8, 4) is 0 Å². The second-order valence-corrected chi connectivity index (χ2v) is 4.04. The smallest absolute Gasteiger partial charge is 0.123 e. The van der Waals surface area contributed by atoms with Crippen LogP contribution in [0.15, 0.2) is 16.7 Å². The fourth-order valence-corrected chi connectivity index (χ4v) is 1.66. The Labute approximate surface area is 96.6 Å².